The SMILES string of the molecule is CC1CN(C(N)=NC[C@@H]2CCCN(C3CC3)[C@H]2c2ccnn2C)CCO1. The molecule has 0 bridgehead atoms. The number of likely N-dealkylation sites (tertiary alicyclic amines) is 1. The molecule has 1 aromatic rings. The zero-order valence-electron chi connectivity index (χ0n) is 16.0. The first-order valence-electron chi connectivity index (χ1n) is 10.0. The second-order valence-corrected chi connectivity index (χ2v) is 8.02. The van der Waals surface area contributed by atoms with Gasteiger partial charge in [0.05, 0.1) is 24.4 Å². The molecule has 1 aliphatic carbocycles. The summed E-state index contributed by atoms with van der Waals surface area (Å²) in [5.74, 6) is 1.17. The van der Waals surface area contributed by atoms with Crippen LogP contribution in [0.15, 0.2) is 17.3 Å². The lowest BCUT2D eigenvalue weighted by Crippen LogP contribution is -2.48. The molecule has 26 heavy (non-hydrogen) atoms. The Bertz CT molecular complexity index is 640. The monoisotopic (exact) mass is 360 g/mol. The van der Waals surface area contributed by atoms with Gasteiger partial charge in [-0.25, -0.2) is 0 Å². The first-order valence-corrected chi connectivity index (χ1v) is 10.0. The van der Waals surface area contributed by atoms with E-state index < -0.39 is 0 Å². The molecule has 4 rings (SSSR count). The summed E-state index contributed by atoms with van der Waals surface area (Å²) in [4.78, 5) is 9.68. The number of aliphatic imine (C=N–C) groups is 1. The first-order chi connectivity index (χ1) is 12.6. The van der Waals surface area contributed by atoms with E-state index >= 15 is 0 Å². The maximum Gasteiger partial charge on any atom is 0.191 e. The Labute approximate surface area is 156 Å². The molecule has 0 aromatic carbocycles. The fourth-order valence-electron chi connectivity index (χ4n) is 4.53. The molecule has 1 saturated carbocycles. The van der Waals surface area contributed by atoms with Gasteiger partial charge in [-0.2, -0.15) is 5.10 Å². The first kappa shape index (κ1) is 17.8. The molecule has 2 aliphatic heterocycles. The van der Waals surface area contributed by atoms with Gasteiger partial charge in [-0.05, 0) is 51.1 Å². The van der Waals surface area contributed by atoms with E-state index in [0.29, 0.717) is 17.9 Å². The van der Waals surface area contributed by atoms with Crippen molar-refractivity contribution in [2.75, 3.05) is 32.8 Å². The van der Waals surface area contributed by atoms with Crippen LogP contribution in [0.5, 0.6) is 0 Å². The molecule has 0 amide bonds. The van der Waals surface area contributed by atoms with Crippen LogP contribution in [0.1, 0.15) is 44.3 Å². The number of nitrogens with two attached hydrogens (primary N) is 1. The normalized spacial score (nSPS) is 31.4. The highest BCUT2D eigenvalue weighted by molar-refractivity contribution is 5.78. The van der Waals surface area contributed by atoms with E-state index in [1.807, 2.05) is 10.9 Å². The third-order valence-electron chi connectivity index (χ3n) is 6.03. The van der Waals surface area contributed by atoms with E-state index in [2.05, 4.69) is 34.9 Å². The zero-order valence-corrected chi connectivity index (χ0v) is 16.0. The van der Waals surface area contributed by atoms with E-state index in [4.69, 9.17) is 15.5 Å². The van der Waals surface area contributed by atoms with Crippen molar-refractivity contribution in [3.8, 4) is 0 Å². The number of guanidine groups is 1. The highest BCUT2D eigenvalue weighted by Gasteiger charge is 2.41. The van der Waals surface area contributed by atoms with Crippen LogP contribution in [0.3, 0.4) is 0 Å². The Morgan fingerprint density at radius 3 is 2.88 bits per heavy atom. The molecule has 0 radical (unpaired) electrons. The average Bonchev–Trinajstić information content (AvgIpc) is 3.41. The molecule has 144 valence electrons. The molecule has 2 N–H and O–H groups in total. The van der Waals surface area contributed by atoms with Gasteiger partial charge in [-0.3, -0.25) is 14.6 Å². The predicted octanol–water partition coefficient (Wildman–Crippen LogP) is 1.37. The van der Waals surface area contributed by atoms with Gasteiger partial charge in [0.2, 0.25) is 0 Å². The summed E-state index contributed by atoms with van der Waals surface area (Å²) >= 11 is 0. The third kappa shape index (κ3) is 3.74. The van der Waals surface area contributed by atoms with Crippen molar-refractivity contribution in [2.45, 2.75) is 50.8 Å². The number of piperidine rings is 1. The molecule has 3 atom stereocenters. The Morgan fingerprint density at radius 2 is 2.19 bits per heavy atom. The number of rotatable bonds is 4. The molecular formula is C19H32N6O. The second kappa shape index (κ2) is 7.56. The van der Waals surface area contributed by atoms with Crippen LogP contribution in [0, 0.1) is 5.92 Å². The Hall–Kier alpha value is -1.60. The number of aromatic nitrogens is 2. The van der Waals surface area contributed by atoms with E-state index in [1.165, 1.54) is 37.9 Å². The van der Waals surface area contributed by atoms with Crippen molar-refractivity contribution in [1.29, 1.82) is 0 Å². The largest absolute Gasteiger partial charge is 0.375 e. The van der Waals surface area contributed by atoms with Gasteiger partial charge in [0, 0.05) is 38.9 Å². The van der Waals surface area contributed by atoms with Gasteiger partial charge in [-0.15, -0.1) is 0 Å². The molecule has 7 nitrogen and oxygen atoms in total. The van der Waals surface area contributed by atoms with Crippen LogP contribution < -0.4 is 5.73 Å². The van der Waals surface area contributed by atoms with Gasteiger partial charge in [-0.1, -0.05) is 0 Å². The Kier molecular flexibility index (Phi) is 5.18. The van der Waals surface area contributed by atoms with E-state index in [1.54, 1.807) is 0 Å². The van der Waals surface area contributed by atoms with Gasteiger partial charge in [0.15, 0.2) is 5.96 Å². The topological polar surface area (TPSA) is 71.9 Å². The number of nitrogens with zero attached hydrogens (tertiary/aromatic N) is 5. The minimum Gasteiger partial charge on any atom is -0.375 e. The quantitative estimate of drug-likeness (QED) is 0.649. The third-order valence-corrected chi connectivity index (χ3v) is 6.03. The van der Waals surface area contributed by atoms with Crippen LogP contribution in [0.4, 0.5) is 0 Å². The number of hydrogen-bond donors (Lipinski definition) is 1. The lowest BCUT2D eigenvalue weighted by Gasteiger charge is -2.41. The molecular weight excluding hydrogens is 328 g/mol. The highest BCUT2D eigenvalue weighted by Crippen LogP contribution is 2.42. The molecule has 3 fully saturated rings. The highest BCUT2D eigenvalue weighted by atomic mass is 16.5. The van der Waals surface area contributed by atoms with Crippen molar-refractivity contribution >= 4 is 5.96 Å². The van der Waals surface area contributed by atoms with Crippen molar-refractivity contribution in [3.05, 3.63) is 18.0 Å². The molecule has 1 unspecified atom stereocenters. The van der Waals surface area contributed by atoms with Crippen LogP contribution in [0.25, 0.3) is 0 Å². The second-order valence-electron chi connectivity index (χ2n) is 8.02. The Morgan fingerprint density at radius 1 is 1.35 bits per heavy atom. The number of aryl methyl sites for hydroxylation is 1. The lowest BCUT2D eigenvalue weighted by atomic mass is 9.86. The van der Waals surface area contributed by atoms with Gasteiger partial charge >= 0.3 is 0 Å². The van der Waals surface area contributed by atoms with Crippen molar-refractivity contribution < 1.29 is 4.74 Å². The number of ether oxygens (including phenoxy) is 1. The molecule has 2 saturated heterocycles. The van der Waals surface area contributed by atoms with Gasteiger partial charge in [0.1, 0.15) is 0 Å². The van der Waals surface area contributed by atoms with Crippen molar-refractivity contribution in [3.63, 3.8) is 0 Å². The fraction of sp³-hybridized carbons (Fsp3) is 0.789. The van der Waals surface area contributed by atoms with Crippen molar-refractivity contribution in [1.82, 2.24) is 19.6 Å². The van der Waals surface area contributed by atoms with E-state index in [-0.39, 0.29) is 6.10 Å². The maximum absolute atomic E-state index is 6.32. The van der Waals surface area contributed by atoms with Crippen LogP contribution in [-0.4, -0.2) is 70.5 Å². The standard InChI is InChI=1S/C19H32N6O/c1-14-13-24(10-11-26-14)19(20)21-12-15-4-3-9-25(16-5-6-16)18(15)17-7-8-22-23(17)2/h7-8,14-16,18H,3-6,9-13H2,1-2H3,(H2,20,21)/t14?,15-,18+/m0/s1. The minimum absolute atomic E-state index is 0.222. The summed E-state index contributed by atoms with van der Waals surface area (Å²) in [5.41, 5.74) is 7.63. The fourth-order valence-corrected chi connectivity index (χ4v) is 4.53. The summed E-state index contributed by atoms with van der Waals surface area (Å²) in [5, 5.41) is 4.42. The molecule has 7 heteroatoms. The summed E-state index contributed by atoms with van der Waals surface area (Å²) in [6, 6.07) is 3.33. The summed E-state index contributed by atoms with van der Waals surface area (Å²) in [6.45, 7) is 6.47. The van der Waals surface area contributed by atoms with E-state index in [9.17, 15) is 0 Å². The van der Waals surface area contributed by atoms with Crippen LogP contribution in [0.2, 0.25) is 0 Å². The number of morpholine rings is 1. The summed E-state index contributed by atoms with van der Waals surface area (Å²) in [7, 11) is 2.05. The smallest absolute Gasteiger partial charge is 0.191 e. The predicted molar refractivity (Wildman–Crippen MR) is 102 cm³/mol. The van der Waals surface area contributed by atoms with Crippen LogP contribution >= 0.6 is 0 Å². The molecule has 3 aliphatic rings. The minimum atomic E-state index is 0.222. The van der Waals surface area contributed by atoms with Gasteiger partial charge < -0.3 is 15.4 Å². The lowest BCUT2D eigenvalue weighted by molar-refractivity contribution is 0.00518. The molecule has 3 heterocycles. The zero-order chi connectivity index (χ0) is 18.1. The Balaban J connectivity index is 1.49. The van der Waals surface area contributed by atoms with Crippen LogP contribution in [-0.2, 0) is 11.8 Å². The average molecular weight is 361 g/mol. The summed E-state index contributed by atoms with van der Waals surface area (Å²) in [6.07, 6.45) is 7.25. The molecule has 1 aromatic heterocycles. The number of hydrogen-bond acceptors (Lipinski definition) is 4. The van der Waals surface area contributed by atoms with Gasteiger partial charge in [0.25, 0.3) is 0 Å². The van der Waals surface area contributed by atoms with Crippen molar-refractivity contribution in [2.24, 2.45) is 23.7 Å². The maximum atomic E-state index is 6.32. The van der Waals surface area contributed by atoms with E-state index in [0.717, 1.165) is 32.3 Å². The summed E-state index contributed by atoms with van der Waals surface area (Å²) < 4.78 is 7.65. The molecule has 0 spiro atoms.